The largest absolute Gasteiger partial charge is 0.386 e. The number of aliphatic hydroxyl groups is 1. The van der Waals surface area contributed by atoms with Crippen LogP contribution in [0.5, 0.6) is 0 Å². The summed E-state index contributed by atoms with van der Waals surface area (Å²) in [5.41, 5.74) is 1.46. The molecule has 0 aliphatic carbocycles. The van der Waals surface area contributed by atoms with Crippen molar-refractivity contribution in [2.24, 2.45) is 0 Å². The van der Waals surface area contributed by atoms with Gasteiger partial charge in [0.25, 0.3) is 10.0 Å². The van der Waals surface area contributed by atoms with Gasteiger partial charge in [-0.1, -0.05) is 48.5 Å². The van der Waals surface area contributed by atoms with E-state index in [4.69, 9.17) is 0 Å². The topological polar surface area (TPSA) is 98.2 Å². The van der Waals surface area contributed by atoms with Gasteiger partial charge in [0.2, 0.25) is 10.0 Å². The molecule has 1 fully saturated rings. The zero-order chi connectivity index (χ0) is 27.7. The van der Waals surface area contributed by atoms with Crippen LogP contribution in [0.25, 0.3) is 0 Å². The van der Waals surface area contributed by atoms with Crippen LogP contribution in [0, 0.1) is 0 Å². The van der Waals surface area contributed by atoms with Gasteiger partial charge in [0.15, 0.2) is 0 Å². The SMILES string of the molecule is C[C@@H](c1ccccc1)N(C[C@H]1CN(S(=O)(=O)c2cccs2)CCN1c1ccc(C(C)(C)O)cc1)S(C)(=O)=O. The van der Waals surface area contributed by atoms with E-state index in [0.29, 0.717) is 6.54 Å². The van der Waals surface area contributed by atoms with Crippen molar-refractivity contribution in [2.45, 2.75) is 42.7 Å². The van der Waals surface area contributed by atoms with Crippen molar-refractivity contribution >= 4 is 37.1 Å². The van der Waals surface area contributed by atoms with Crippen molar-refractivity contribution in [3.8, 4) is 0 Å². The average molecular weight is 578 g/mol. The van der Waals surface area contributed by atoms with Gasteiger partial charge in [0, 0.05) is 37.9 Å². The molecule has 11 heteroatoms. The highest BCUT2D eigenvalue weighted by molar-refractivity contribution is 7.91. The molecule has 0 saturated carbocycles. The fourth-order valence-electron chi connectivity index (χ4n) is 4.83. The predicted molar refractivity (Wildman–Crippen MR) is 152 cm³/mol. The number of thiophene rings is 1. The van der Waals surface area contributed by atoms with Gasteiger partial charge in [0.1, 0.15) is 4.21 Å². The molecule has 2 heterocycles. The van der Waals surface area contributed by atoms with Crippen molar-refractivity contribution in [1.29, 1.82) is 0 Å². The van der Waals surface area contributed by atoms with E-state index in [-0.39, 0.29) is 23.8 Å². The summed E-state index contributed by atoms with van der Waals surface area (Å²) in [5.74, 6) is 0. The molecule has 0 spiro atoms. The summed E-state index contributed by atoms with van der Waals surface area (Å²) >= 11 is 1.17. The Morgan fingerprint density at radius 3 is 2.21 bits per heavy atom. The summed E-state index contributed by atoms with van der Waals surface area (Å²) < 4.78 is 56.0. The van der Waals surface area contributed by atoms with Crippen LogP contribution in [-0.2, 0) is 25.6 Å². The molecule has 206 valence electrons. The van der Waals surface area contributed by atoms with Crippen molar-refractivity contribution in [1.82, 2.24) is 8.61 Å². The number of sulfonamides is 2. The summed E-state index contributed by atoms with van der Waals surface area (Å²) in [6, 6.07) is 19.3. The molecule has 1 aromatic heterocycles. The number of benzene rings is 2. The van der Waals surface area contributed by atoms with Crippen LogP contribution < -0.4 is 4.90 Å². The second-order valence-corrected chi connectivity index (χ2v) is 15.2. The second kappa shape index (κ2) is 11.1. The molecule has 8 nitrogen and oxygen atoms in total. The first-order valence-corrected chi connectivity index (χ1v) is 16.6. The number of piperazine rings is 1. The maximum Gasteiger partial charge on any atom is 0.252 e. The van der Waals surface area contributed by atoms with Gasteiger partial charge < -0.3 is 10.0 Å². The fraction of sp³-hybridized carbons (Fsp3) is 0.407. The Morgan fingerprint density at radius 1 is 1.00 bits per heavy atom. The van der Waals surface area contributed by atoms with E-state index in [1.54, 1.807) is 31.4 Å². The Bertz CT molecular complexity index is 1420. The van der Waals surface area contributed by atoms with Gasteiger partial charge >= 0.3 is 0 Å². The highest BCUT2D eigenvalue weighted by Gasteiger charge is 2.38. The zero-order valence-electron chi connectivity index (χ0n) is 22.1. The first kappa shape index (κ1) is 28.7. The molecule has 0 bridgehead atoms. The predicted octanol–water partition coefficient (Wildman–Crippen LogP) is 3.88. The molecular weight excluding hydrogens is 543 g/mol. The lowest BCUT2D eigenvalue weighted by Gasteiger charge is -2.44. The Morgan fingerprint density at radius 2 is 1.66 bits per heavy atom. The van der Waals surface area contributed by atoms with Crippen LogP contribution in [0.3, 0.4) is 0 Å². The first-order valence-electron chi connectivity index (χ1n) is 12.4. The van der Waals surface area contributed by atoms with E-state index in [0.717, 1.165) is 16.8 Å². The molecule has 1 aliphatic rings. The summed E-state index contributed by atoms with van der Waals surface area (Å²) in [7, 11) is -7.33. The molecule has 1 N–H and O–H groups in total. The van der Waals surface area contributed by atoms with Gasteiger partial charge in [-0.2, -0.15) is 8.61 Å². The second-order valence-electron chi connectivity index (χ2n) is 10.2. The van der Waals surface area contributed by atoms with Gasteiger partial charge in [-0.15, -0.1) is 11.3 Å². The Labute approximate surface area is 230 Å². The summed E-state index contributed by atoms with van der Waals surface area (Å²) in [4.78, 5) is 2.07. The molecule has 1 aliphatic heterocycles. The van der Waals surface area contributed by atoms with Gasteiger partial charge in [0.05, 0.1) is 17.9 Å². The average Bonchev–Trinajstić information content (AvgIpc) is 3.42. The monoisotopic (exact) mass is 577 g/mol. The van der Waals surface area contributed by atoms with Gasteiger partial charge in [-0.05, 0) is 55.5 Å². The van der Waals surface area contributed by atoms with E-state index < -0.39 is 37.7 Å². The maximum absolute atomic E-state index is 13.4. The van der Waals surface area contributed by atoms with E-state index in [2.05, 4.69) is 4.90 Å². The van der Waals surface area contributed by atoms with Crippen LogP contribution >= 0.6 is 11.3 Å². The Hall–Kier alpha value is -2.28. The van der Waals surface area contributed by atoms with Crippen LogP contribution in [-0.4, -0.2) is 69.0 Å². The molecule has 2 aromatic carbocycles. The standard InChI is InChI=1S/C27H35N3O5S3/c1-21(22-9-6-5-7-10-22)30(37(4,32)33)20-25-19-28(38(34,35)26-11-8-18-36-26)16-17-29(25)24-14-12-23(13-15-24)27(2,3)31/h5-15,18,21,25,31H,16-17,19-20H2,1-4H3/t21-,25+/m0/s1. The Kier molecular flexibility index (Phi) is 8.37. The third-order valence-electron chi connectivity index (χ3n) is 6.97. The van der Waals surface area contributed by atoms with E-state index in [1.807, 2.05) is 61.5 Å². The van der Waals surface area contributed by atoms with E-state index in [9.17, 15) is 21.9 Å². The van der Waals surface area contributed by atoms with Crippen LogP contribution in [0.2, 0.25) is 0 Å². The Balaban J connectivity index is 1.70. The highest BCUT2D eigenvalue weighted by Crippen LogP contribution is 2.31. The van der Waals surface area contributed by atoms with Crippen molar-refractivity contribution < 1.29 is 21.9 Å². The minimum absolute atomic E-state index is 0.110. The third kappa shape index (κ3) is 6.30. The molecule has 0 unspecified atom stereocenters. The van der Waals surface area contributed by atoms with Crippen molar-refractivity contribution in [3.05, 3.63) is 83.2 Å². The minimum Gasteiger partial charge on any atom is -0.386 e. The highest BCUT2D eigenvalue weighted by atomic mass is 32.2. The summed E-state index contributed by atoms with van der Waals surface area (Å²) in [5, 5.41) is 12.1. The van der Waals surface area contributed by atoms with Gasteiger partial charge in [-0.3, -0.25) is 0 Å². The molecule has 0 radical (unpaired) electrons. The lowest BCUT2D eigenvalue weighted by Crippen LogP contribution is -2.59. The normalized spacial score (nSPS) is 18.6. The quantitative estimate of drug-likeness (QED) is 0.415. The smallest absolute Gasteiger partial charge is 0.252 e. The summed E-state index contributed by atoms with van der Waals surface area (Å²) in [6.07, 6.45) is 1.19. The molecule has 3 aromatic rings. The molecule has 0 amide bonds. The van der Waals surface area contributed by atoms with Gasteiger partial charge in [-0.25, -0.2) is 16.8 Å². The molecule has 1 saturated heterocycles. The van der Waals surface area contributed by atoms with E-state index >= 15 is 0 Å². The van der Waals surface area contributed by atoms with E-state index in [1.165, 1.54) is 26.2 Å². The minimum atomic E-state index is -3.70. The fourth-order valence-corrected chi connectivity index (χ4v) is 8.58. The molecular formula is C27H35N3O5S3. The molecule has 2 atom stereocenters. The van der Waals surface area contributed by atoms with Crippen molar-refractivity contribution in [3.63, 3.8) is 0 Å². The van der Waals surface area contributed by atoms with Crippen molar-refractivity contribution in [2.75, 3.05) is 37.3 Å². The molecule has 4 rings (SSSR count). The summed E-state index contributed by atoms with van der Waals surface area (Å²) in [6.45, 7) is 6.20. The lowest BCUT2D eigenvalue weighted by molar-refractivity contribution is 0.0786. The third-order valence-corrected chi connectivity index (χ3v) is 11.5. The number of hydrogen-bond acceptors (Lipinski definition) is 7. The number of hydrogen-bond donors (Lipinski definition) is 1. The zero-order valence-corrected chi connectivity index (χ0v) is 24.5. The maximum atomic E-state index is 13.4. The number of rotatable bonds is 9. The van der Waals surface area contributed by atoms with Crippen LogP contribution in [0.15, 0.2) is 76.3 Å². The molecule has 38 heavy (non-hydrogen) atoms. The number of anilines is 1. The number of nitrogens with zero attached hydrogens (tertiary/aromatic N) is 3. The van der Waals surface area contributed by atoms with Crippen LogP contribution in [0.1, 0.15) is 37.9 Å². The lowest BCUT2D eigenvalue weighted by atomic mass is 9.98. The first-order chi connectivity index (χ1) is 17.8. The van der Waals surface area contributed by atoms with Crippen LogP contribution in [0.4, 0.5) is 5.69 Å².